The summed E-state index contributed by atoms with van der Waals surface area (Å²) in [5, 5.41) is 0.999. The molecule has 0 unspecified atom stereocenters. The minimum atomic E-state index is 0.876. The highest BCUT2D eigenvalue weighted by molar-refractivity contribution is 9.13. The van der Waals surface area contributed by atoms with Crippen LogP contribution in [0.4, 0.5) is 5.13 Å². The Morgan fingerprint density at radius 3 is 2.20 bits per heavy atom. The predicted octanol–water partition coefficient (Wildman–Crippen LogP) is 2.73. The Bertz CT molecular complexity index is 214. The van der Waals surface area contributed by atoms with Gasteiger partial charge in [-0.2, -0.15) is 0 Å². The zero-order valence-electron chi connectivity index (χ0n) is 5.56. The number of nitrogens with zero attached hydrogens (tertiary/aromatic N) is 2. The van der Waals surface area contributed by atoms with E-state index in [2.05, 4.69) is 36.8 Å². The van der Waals surface area contributed by atoms with Gasteiger partial charge in [-0.3, -0.25) is 0 Å². The molecule has 5 heteroatoms. The molecule has 0 saturated carbocycles. The molecular formula is C5H6Br2N2S. The highest BCUT2D eigenvalue weighted by Crippen LogP contribution is 2.32. The van der Waals surface area contributed by atoms with Crippen molar-refractivity contribution in [2.45, 2.75) is 0 Å². The van der Waals surface area contributed by atoms with Crippen LogP contribution in [0.3, 0.4) is 0 Å². The van der Waals surface area contributed by atoms with E-state index in [9.17, 15) is 0 Å². The van der Waals surface area contributed by atoms with E-state index in [-0.39, 0.29) is 0 Å². The van der Waals surface area contributed by atoms with Crippen LogP contribution in [0.5, 0.6) is 0 Å². The van der Waals surface area contributed by atoms with E-state index < -0.39 is 0 Å². The maximum atomic E-state index is 4.22. The number of anilines is 1. The van der Waals surface area contributed by atoms with Crippen molar-refractivity contribution in [1.82, 2.24) is 4.98 Å². The Kier molecular flexibility index (Phi) is 2.71. The van der Waals surface area contributed by atoms with Gasteiger partial charge < -0.3 is 4.90 Å². The molecule has 0 aliphatic carbocycles. The normalized spacial score (nSPS) is 10.0. The first-order chi connectivity index (χ1) is 4.61. The summed E-state index contributed by atoms with van der Waals surface area (Å²) < 4.78 is 1.91. The third kappa shape index (κ3) is 1.71. The van der Waals surface area contributed by atoms with E-state index in [0.717, 1.165) is 13.5 Å². The molecule has 0 amide bonds. The summed E-state index contributed by atoms with van der Waals surface area (Å²) >= 11 is 8.28. The molecule has 0 aliphatic rings. The summed E-state index contributed by atoms with van der Waals surface area (Å²) in [6.45, 7) is 0. The molecule has 1 rings (SSSR count). The van der Waals surface area contributed by atoms with Gasteiger partial charge in [-0.05, 0) is 31.9 Å². The second-order valence-corrected chi connectivity index (χ2v) is 5.00. The second-order valence-electron chi connectivity index (χ2n) is 1.96. The van der Waals surface area contributed by atoms with Crippen LogP contribution in [0, 0.1) is 0 Å². The van der Waals surface area contributed by atoms with Gasteiger partial charge in [0.2, 0.25) is 0 Å². The lowest BCUT2D eigenvalue weighted by atomic mass is 10.9. The van der Waals surface area contributed by atoms with Crippen molar-refractivity contribution >= 4 is 48.3 Å². The molecule has 0 atom stereocenters. The average Bonchev–Trinajstić information content (AvgIpc) is 2.13. The summed E-state index contributed by atoms with van der Waals surface area (Å²) in [4.78, 5) is 6.20. The van der Waals surface area contributed by atoms with Gasteiger partial charge in [-0.25, -0.2) is 4.98 Å². The van der Waals surface area contributed by atoms with Crippen LogP contribution in [0.1, 0.15) is 0 Å². The average molecular weight is 286 g/mol. The molecule has 0 saturated heterocycles. The lowest BCUT2D eigenvalue weighted by molar-refractivity contribution is 1.10. The van der Waals surface area contributed by atoms with Gasteiger partial charge in [0.25, 0.3) is 0 Å². The number of hydrogen-bond donors (Lipinski definition) is 0. The SMILES string of the molecule is CN(C)c1nc(Br)c(Br)s1. The molecule has 56 valence electrons. The molecule has 2 nitrogen and oxygen atoms in total. The molecule has 0 spiro atoms. The van der Waals surface area contributed by atoms with Gasteiger partial charge in [-0.15, -0.1) is 0 Å². The molecule has 0 bridgehead atoms. The van der Waals surface area contributed by atoms with Gasteiger partial charge in [0.1, 0.15) is 8.39 Å². The zero-order chi connectivity index (χ0) is 7.72. The van der Waals surface area contributed by atoms with E-state index in [1.165, 1.54) is 0 Å². The van der Waals surface area contributed by atoms with Gasteiger partial charge in [0.05, 0.1) is 0 Å². The van der Waals surface area contributed by atoms with Crippen molar-refractivity contribution < 1.29 is 0 Å². The van der Waals surface area contributed by atoms with Gasteiger partial charge in [-0.1, -0.05) is 11.3 Å². The molecule has 1 aromatic heterocycles. The molecule has 1 aromatic rings. The summed E-state index contributed by atoms with van der Waals surface area (Å²) in [6, 6.07) is 0. The van der Waals surface area contributed by atoms with Crippen molar-refractivity contribution in [2.24, 2.45) is 0 Å². The van der Waals surface area contributed by atoms with Crippen LogP contribution in [-0.2, 0) is 0 Å². The lowest BCUT2D eigenvalue weighted by Gasteiger charge is -2.04. The van der Waals surface area contributed by atoms with E-state index in [1.54, 1.807) is 11.3 Å². The third-order valence-corrected chi connectivity index (χ3v) is 4.16. The van der Waals surface area contributed by atoms with Crippen LogP contribution in [-0.4, -0.2) is 19.1 Å². The van der Waals surface area contributed by atoms with Crippen LogP contribution in [0.25, 0.3) is 0 Å². The minimum absolute atomic E-state index is 0.876. The maximum absolute atomic E-state index is 4.22. The minimum Gasteiger partial charge on any atom is -0.354 e. The molecule has 0 fully saturated rings. The van der Waals surface area contributed by atoms with Crippen LogP contribution >= 0.6 is 43.2 Å². The highest BCUT2D eigenvalue weighted by atomic mass is 79.9. The molecule has 0 N–H and O–H groups in total. The lowest BCUT2D eigenvalue weighted by Crippen LogP contribution is -2.07. The van der Waals surface area contributed by atoms with Crippen molar-refractivity contribution in [3.63, 3.8) is 0 Å². The number of aromatic nitrogens is 1. The predicted molar refractivity (Wildman–Crippen MR) is 51.8 cm³/mol. The number of thiazole rings is 1. The molecular weight excluding hydrogens is 280 g/mol. The Morgan fingerprint density at radius 1 is 1.40 bits per heavy atom. The van der Waals surface area contributed by atoms with Crippen LogP contribution in [0.2, 0.25) is 0 Å². The quantitative estimate of drug-likeness (QED) is 0.789. The Labute approximate surface area is 80.5 Å². The molecule has 0 aliphatic heterocycles. The Hall–Kier alpha value is 0.390. The Balaban J connectivity index is 2.98. The number of hydrogen-bond acceptors (Lipinski definition) is 3. The fourth-order valence-corrected chi connectivity index (χ4v) is 2.13. The van der Waals surface area contributed by atoms with Crippen LogP contribution < -0.4 is 4.90 Å². The van der Waals surface area contributed by atoms with Crippen molar-refractivity contribution in [2.75, 3.05) is 19.0 Å². The summed E-state index contributed by atoms with van der Waals surface area (Å²) in [5.74, 6) is 0. The van der Waals surface area contributed by atoms with E-state index in [0.29, 0.717) is 0 Å². The topological polar surface area (TPSA) is 16.1 Å². The molecule has 10 heavy (non-hydrogen) atoms. The van der Waals surface area contributed by atoms with Gasteiger partial charge >= 0.3 is 0 Å². The van der Waals surface area contributed by atoms with Crippen molar-refractivity contribution in [1.29, 1.82) is 0 Å². The van der Waals surface area contributed by atoms with E-state index >= 15 is 0 Å². The summed E-state index contributed by atoms with van der Waals surface area (Å²) in [7, 11) is 3.94. The second kappa shape index (κ2) is 3.19. The smallest absolute Gasteiger partial charge is 0.186 e. The molecule has 1 heterocycles. The number of rotatable bonds is 1. The first kappa shape index (κ1) is 8.49. The zero-order valence-corrected chi connectivity index (χ0v) is 9.55. The molecule has 0 radical (unpaired) electrons. The fourth-order valence-electron chi connectivity index (χ4n) is 0.464. The maximum Gasteiger partial charge on any atom is 0.186 e. The first-order valence-electron chi connectivity index (χ1n) is 2.60. The van der Waals surface area contributed by atoms with Crippen molar-refractivity contribution in [3.8, 4) is 0 Å². The fraction of sp³-hybridized carbons (Fsp3) is 0.400. The monoisotopic (exact) mass is 284 g/mol. The largest absolute Gasteiger partial charge is 0.354 e. The summed E-state index contributed by atoms with van der Waals surface area (Å²) in [6.07, 6.45) is 0. The Morgan fingerprint density at radius 2 is 2.00 bits per heavy atom. The molecule has 0 aromatic carbocycles. The third-order valence-electron chi connectivity index (χ3n) is 0.919. The van der Waals surface area contributed by atoms with Crippen molar-refractivity contribution in [3.05, 3.63) is 8.39 Å². The highest BCUT2D eigenvalue weighted by Gasteiger charge is 2.06. The standard InChI is InChI=1S/C5H6Br2N2S/c1-9(2)5-8-3(6)4(7)10-5/h1-2H3. The number of halogens is 2. The summed E-state index contributed by atoms with van der Waals surface area (Å²) in [5.41, 5.74) is 0. The van der Waals surface area contributed by atoms with Gasteiger partial charge in [0.15, 0.2) is 5.13 Å². The van der Waals surface area contributed by atoms with Crippen LogP contribution in [0.15, 0.2) is 8.39 Å². The van der Waals surface area contributed by atoms with Gasteiger partial charge in [0, 0.05) is 14.1 Å². The van der Waals surface area contributed by atoms with E-state index in [4.69, 9.17) is 0 Å². The first-order valence-corrected chi connectivity index (χ1v) is 5.00. The van der Waals surface area contributed by atoms with E-state index in [1.807, 2.05) is 19.0 Å².